The third kappa shape index (κ3) is 4.81. The van der Waals surface area contributed by atoms with Crippen molar-refractivity contribution in [2.24, 2.45) is 23.9 Å². The minimum Gasteiger partial charge on any atom is -0.349 e. The van der Waals surface area contributed by atoms with Crippen molar-refractivity contribution >= 4 is 5.96 Å². The normalized spacial score (nSPS) is 25.3. The summed E-state index contributed by atoms with van der Waals surface area (Å²) in [5.74, 6) is 4.63. The Bertz CT molecular complexity index is 620. The van der Waals surface area contributed by atoms with Gasteiger partial charge in [-0.25, -0.2) is 0 Å². The van der Waals surface area contributed by atoms with E-state index in [1.165, 1.54) is 25.7 Å². The van der Waals surface area contributed by atoms with Crippen LogP contribution in [0.2, 0.25) is 0 Å². The van der Waals surface area contributed by atoms with Crippen molar-refractivity contribution < 1.29 is 0 Å². The molecule has 1 saturated carbocycles. The van der Waals surface area contributed by atoms with Crippen LogP contribution in [-0.2, 0) is 13.6 Å². The van der Waals surface area contributed by atoms with Crippen molar-refractivity contribution in [3.63, 3.8) is 0 Å². The first-order valence-electron chi connectivity index (χ1n) is 10.5. The van der Waals surface area contributed by atoms with Gasteiger partial charge in [0, 0.05) is 46.3 Å². The maximum atomic E-state index is 4.49. The zero-order valence-electron chi connectivity index (χ0n) is 17.8. The van der Waals surface area contributed by atoms with Crippen LogP contribution in [0.4, 0.5) is 0 Å². The molecule has 152 valence electrons. The molecule has 1 aromatic rings. The van der Waals surface area contributed by atoms with Crippen molar-refractivity contribution in [3.05, 3.63) is 11.6 Å². The number of guanidine groups is 1. The Morgan fingerprint density at radius 3 is 2.30 bits per heavy atom. The van der Waals surface area contributed by atoms with E-state index < -0.39 is 0 Å². The Morgan fingerprint density at radius 2 is 1.78 bits per heavy atom. The Labute approximate surface area is 164 Å². The molecule has 0 unspecified atom stereocenters. The quantitative estimate of drug-likeness (QED) is 0.644. The molecule has 7 heteroatoms. The summed E-state index contributed by atoms with van der Waals surface area (Å²) in [5.41, 5.74) is 0. The highest BCUT2D eigenvalue weighted by Crippen LogP contribution is 2.32. The Kier molecular flexibility index (Phi) is 6.73. The van der Waals surface area contributed by atoms with Gasteiger partial charge in [0.2, 0.25) is 0 Å². The summed E-state index contributed by atoms with van der Waals surface area (Å²) in [7, 11) is 3.87. The monoisotopic (exact) mass is 375 g/mol. The zero-order chi connectivity index (χ0) is 19.4. The highest BCUT2D eigenvalue weighted by molar-refractivity contribution is 5.79. The third-order valence-electron chi connectivity index (χ3n) is 6.61. The lowest BCUT2D eigenvalue weighted by molar-refractivity contribution is 0.0864. The number of aliphatic imine (C=N–C) groups is 1. The summed E-state index contributed by atoms with van der Waals surface area (Å²) >= 11 is 0. The third-order valence-corrected chi connectivity index (χ3v) is 6.61. The molecule has 27 heavy (non-hydrogen) atoms. The van der Waals surface area contributed by atoms with Gasteiger partial charge in [-0.2, -0.15) is 0 Å². The van der Waals surface area contributed by atoms with E-state index in [4.69, 9.17) is 0 Å². The molecule has 2 heterocycles. The van der Waals surface area contributed by atoms with E-state index >= 15 is 0 Å². The lowest BCUT2D eigenvalue weighted by atomic mass is 9.79. The lowest BCUT2D eigenvalue weighted by Gasteiger charge is -2.43. The number of aryl methyl sites for hydroxylation is 1. The van der Waals surface area contributed by atoms with Crippen LogP contribution in [-0.4, -0.2) is 69.8 Å². The topological polar surface area (TPSA) is 61.6 Å². The van der Waals surface area contributed by atoms with Gasteiger partial charge in [0.05, 0.1) is 6.54 Å². The zero-order valence-corrected chi connectivity index (χ0v) is 17.8. The molecule has 0 bridgehead atoms. The maximum absolute atomic E-state index is 4.49. The SMILES string of the molecule is CN=C(NCc1nnc(C)n1C)N1CCN(C2CCC(C(C)C)CC2)CC1. The molecule has 1 aliphatic carbocycles. The van der Waals surface area contributed by atoms with E-state index in [1.54, 1.807) is 0 Å². The molecule has 0 radical (unpaired) electrons. The molecular weight excluding hydrogens is 338 g/mol. The number of hydrogen-bond acceptors (Lipinski definition) is 4. The van der Waals surface area contributed by atoms with E-state index in [1.807, 2.05) is 25.6 Å². The molecule has 1 saturated heterocycles. The predicted octanol–water partition coefficient (Wildman–Crippen LogP) is 2.03. The maximum Gasteiger partial charge on any atom is 0.194 e. The minimum atomic E-state index is 0.656. The van der Waals surface area contributed by atoms with Gasteiger partial charge in [-0.15, -0.1) is 10.2 Å². The van der Waals surface area contributed by atoms with E-state index in [-0.39, 0.29) is 0 Å². The lowest BCUT2D eigenvalue weighted by Crippen LogP contribution is -2.55. The van der Waals surface area contributed by atoms with Crippen molar-refractivity contribution in [1.29, 1.82) is 0 Å². The van der Waals surface area contributed by atoms with Crippen LogP contribution < -0.4 is 5.32 Å². The van der Waals surface area contributed by atoms with E-state index in [0.717, 1.165) is 61.7 Å². The minimum absolute atomic E-state index is 0.656. The van der Waals surface area contributed by atoms with E-state index in [9.17, 15) is 0 Å². The Hall–Kier alpha value is -1.63. The number of hydrogen-bond donors (Lipinski definition) is 1. The van der Waals surface area contributed by atoms with Crippen molar-refractivity contribution in [3.8, 4) is 0 Å². The van der Waals surface area contributed by atoms with Crippen LogP contribution in [0.25, 0.3) is 0 Å². The largest absolute Gasteiger partial charge is 0.349 e. The van der Waals surface area contributed by atoms with Crippen LogP contribution in [0.5, 0.6) is 0 Å². The van der Waals surface area contributed by atoms with Gasteiger partial charge in [0.1, 0.15) is 5.82 Å². The molecule has 0 spiro atoms. The molecule has 0 atom stereocenters. The summed E-state index contributed by atoms with van der Waals surface area (Å²) < 4.78 is 2.02. The smallest absolute Gasteiger partial charge is 0.194 e. The molecule has 0 aromatic carbocycles. The summed E-state index contributed by atoms with van der Waals surface area (Å²) in [6.07, 6.45) is 5.56. The predicted molar refractivity (Wildman–Crippen MR) is 110 cm³/mol. The molecule has 1 N–H and O–H groups in total. The van der Waals surface area contributed by atoms with E-state index in [2.05, 4.69) is 44.2 Å². The van der Waals surface area contributed by atoms with Gasteiger partial charge >= 0.3 is 0 Å². The average Bonchev–Trinajstić information content (AvgIpc) is 3.01. The van der Waals surface area contributed by atoms with Crippen molar-refractivity contribution in [2.45, 2.75) is 59.0 Å². The highest BCUT2D eigenvalue weighted by Gasteiger charge is 2.29. The summed E-state index contributed by atoms with van der Waals surface area (Å²) in [6.45, 7) is 11.8. The second-order valence-electron chi connectivity index (χ2n) is 8.46. The molecular formula is C20H37N7. The van der Waals surface area contributed by atoms with Crippen molar-refractivity contribution in [2.75, 3.05) is 33.2 Å². The number of nitrogens with one attached hydrogen (secondary N) is 1. The number of nitrogens with zero attached hydrogens (tertiary/aromatic N) is 6. The van der Waals surface area contributed by atoms with Crippen LogP contribution in [0.15, 0.2) is 4.99 Å². The van der Waals surface area contributed by atoms with E-state index in [0.29, 0.717) is 6.54 Å². The van der Waals surface area contributed by atoms with Gasteiger partial charge in [0.25, 0.3) is 0 Å². The molecule has 2 aliphatic rings. The fourth-order valence-corrected chi connectivity index (χ4v) is 4.53. The first-order chi connectivity index (χ1) is 13.0. The second kappa shape index (κ2) is 9.04. The number of piperazine rings is 1. The van der Waals surface area contributed by atoms with Gasteiger partial charge in [-0.05, 0) is 44.4 Å². The summed E-state index contributed by atoms with van der Waals surface area (Å²) in [5, 5.41) is 11.8. The van der Waals surface area contributed by atoms with Gasteiger partial charge in [-0.1, -0.05) is 13.8 Å². The Balaban J connectivity index is 1.45. The first kappa shape index (κ1) is 20.1. The van der Waals surface area contributed by atoms with Crippen LogP contribution in [0, 0.1) is 18.8 Å². The molecule has 1 aliphatic heterocycles. The standard InChI is InChI=1S/C20H37N7/c1-15(2)17-6-8-18(9-7-17)26-10-12-27(13-11-26)20(21-4)22-14-19-24-23-16(3)25(19)5/h15,17-18H,6-14H2,1-5H3,(H,21,22). The molecule has 0 amide bonds. The first-order valence-corrected chi connectivity index (χ1v) is 10.5. The second-order valence-corrected chi connectivity index (χ2v) is 8.46. The van der Waals surface area contributed by atoms with Gasteiger partial charge in [-0.3, -0.25) is 9.89 Å². The number of aromatic nitrogens is 3. The highest BCUT2D eigenvalue weighted by atomic mass is 15.4. The summed E-state index contributed by atoms with van der Waals surface area (Å²) in [4.78, 5) is 9.57. The van der Waals surface area contributed by atoms with Gasteiger partial charge < -0.3 is 14.8 Å². The molecule has 7 nitrogen and oxygen atoms in total. The van der Waals surface area contributed by atoms with Crippen LogP contribution >= 0.6 is 0 Å². The van der Waals surface area contributed by atoms with Crippen LogP contribution in [0.1, 0.15) is 51.2 Å². The fourth-order valence-electron chi connectivity index (χ4n) is 4.53. The molecule has 3 rings (SSSR count). The number of rotatable bonds is 4. The van der Waals surface area contributed by atoms with Gasteiger partial charge in [0.15, 0.2) is 11.8 Å². The molecule has 1 aromatic heterocycles. The average molecular weight is 376 g/mol. The Morgan fingerprint density at radius 1 is 1.11 bits per heavy atom. The summed E-state index contributed by atoms with van der Waals surface area (Å²) in [6, 6.07) is 0.791. The van der Waals surface area contributed by atoms with Crippen LogP contribution in [0.3, 0.4) is 0 Å². The fraction of sp³-hybridized carbons (Fsp3) is 0.850. The van der Waals surface area contributed by atoms with Crippen molar-refractivity contribution in [1.82, 2.24) is 29.9 Å². The molecule has 2 fully saturated rings.